The minimum absolute atomic E-state index is 0.118. The van der Waals surface area contributed by atoms with Crippen molar-refractivity contribution in [1.29, 1.82) is 0 Å². The molecule has 146 valence electrons. The van der Waals surface area contributed by atoms with E-state index in [0.717, 1.165) is 39.1 Å². The Morgan fingerprint density at radius 2 is 1.85 bits per heavy atom. The lowest BCUT2D eigenvalue weighted by atomic mass is 9.96. The van der Waals surface area contributed by atoms with E-state index in [9.17, 15) is 4.79 Å². The van der Waals surface area contributed by atoms with Crippen molar-refractivity contribution in [3.8, 4) is 0 Å². The molecule has 7 heteroatoms. The van der Waals surface area contributed by atoms with Crippen molar-refractivity contribution in [2.75, 3.05) is 26.2 Å². The zero-order valence-corrected chi connectivity index (χ0v) is 16.5. The quantitative estimate of drug-likeness (QED) is 0.776. The van der Waals surface area contributed by atoms with Crippen LogP contribution in [0.1, 0.15) is 50.9 Å². The molecule has 0 aromatic carbocycles. The summed E-state index contributed by atoms with van der Waals surface area (Å²) >= 11 is 0. The van der Waals surface area contributed by atoms with Crippen molar-refractivity contribution in [1.82, 2.24) is 24.9 Å². The molecule has 0 atom stereocenters. The van der Waals surface area contributed by atoms with E-state index >= 15 is 0 Å². The van der Waals surface area contributed by atoms with Crippen LogP contribution in [0.4, 0.5) is 0 Å². The van der Waals surface area contributed by atoms with Gasteiger partial charge in [0, 0.05) is 63.4 Å². The molecule has 2 aromatic rings. The number of nitrogens with zero attached hydrogens (tertiary/aromatic N) is 5. The Morgan fingerprint density at radius 3 is 2.48 bits per heavy atom. The lowest BCUT2D eigenvalue weighted by molar-refractivity contribution is -0.133. The lowest BCUT2D eigenvalue weighted by Gasteiger charge is -2.34. The van der Waals surface area contributed by atoms with Gasteiger partial charge < -0.3 is 9.42 Å². The third kappa shape index (κ3) is 5.60. The van der Waals surface area contributed by atoms with Crippen LogP contribution in [0, 0.1) is 0 Å². The maximum absolute atomic E-state index is 12.5. The van der Waals surface area contributed by atoms with Crippen LogP contribution in [0.15, 0.2) is 29.0 Å². The highest BCUT2D eigenvalue weighted by Gasteiger charge is 2.22. The van der Waals surface area contributed by atoms with E-state index in [4.69, 9.17) is 4.52 Å². The number of rotatable bonds is 6. The van der Waals surface area contributed by atoms with Gasteiger partial charge in [0.1, 0.15) is 0 Å². The third-order valence-corrected chi connectivity index (χ3v) is 4.80. The molecule has 0 unspecified atom stereocenters. The summed E-state index contributed by atoms with van der Waals surface area (Å²) < 4.78 is 5.29. The Hall–Kier alpha value is -2.28. The maximum Gasteiger partial charge on any atom is 0.226 e. The predicted molar refractivity (Wildman–Crippen MR) is 102 cm³/mol. The van der Waals surface area contributed by atoms with Crippen molar-refractivity contribution in [2.24, 2.45) is 0 Å². The van der Waals surface area contributed by atoms with Gasteiger partial charge in [-0.05, 0) is 24.1 Å². The number of carbonyl (C=O) groups is 1. The molecule has 2 aromatic heterocycles. The number of hydrogen-bond donors (Lipinski definition) is 0. The molecule has 7 nitrogen and oxygen atoms in total. The molecule has 1 saturated heterocycles. The van der Waals surface area contributed by atoms with Gasteiger partial charge in [-0.1, -0.05) is 25.9 Å². The van der Waals surface area contributed by atoms with E-state index in [0.29, 0.717) is 24.6 Å². The zero-order valence-electron chi connectivity index (χ0n) is 16.5. The second-order valence-electron chi connectivity index (χ2n) is 8.13. The summed E-state index contributed by atoms with van der Waals surface area (Å²) in [7, 11) is 0. The second kappa shape index (κ2) is 8.61. The first-order valence-corrected chi connectivity index (χ1v) is 9.64. The molecular weight excluding hydrogens is 342 g/mol. The molecule has 0 spiro atoms. The fourth-order valence-electron chi connectivity index (χ4n) is 3.11. The van der Waals surface area contributed by atoms with Crippen LogP contribution in [0.5, 0.6) is 0 Å². The monoisotopic (exact) mass is 371 g/mol. The third-order valence-electron chi connectivity index (χ3n) is 4.80. The van der Waals surface area contributed by atoms with E-state index in [1.807, 2.05) is 29.4 Å². The first-order chi connectivity index (χ1) is 12.9. The summed E-state index contributed by atoms with van der Waals surface area (Å²) in [6.45, 7) is 10.5. The Labute approximate surface area is 160 Å². The average molecular weight is 371 g/mol. The molecule has 1 aliphatic heterocycles. The average Bonchev–Trinajstić information content (AvgIpc) is 3.12. The topological polar surface area (TPSA) is 75.4 Å². The second-order valence-corrected chi connectivity index (χ2v) is 8.13. The number of piperazine rings is 1. The molecule has 3 rings (SSSR count). The number of pyridine rings is 1. The summed E-state index contributed by atoms with van der Waals surface area (Å²) in [5, 5.41) is 4.03. The fourth-order valence-corrected chi connectivity index (χ4v) is 3.11. The van der Waals surface area contributed by atoms with E-state index in [1.165, 1.54) is 5.56 Å². The zero-order chi connectivity index (χ0) is 19.3. The first-order valence-electron chi connectivity index (χ1n) is 9.64. The van der Waals surface area contributed by atoms with Crippen LogP contribution in [0.3, 0.4) is 0 Å². The van der Waals surface area contributed by atoms with Crippen LogP contribution in [-0.2, 0) is 23.2 Å². The van der Waals surface area contributed by atoms with Gasteiger partial charge in [0.15, 0.2) is 5.82 Å². The molecule has 0 radical (unpaired) electrons. The van der Waals surface area contributed by atoms with Crippen LogP contribution in [0.25, 0.3) is 0 Å². The van der Waals surface area contributed by atoms with Crippen molar-refractivity contribution >= 4 is 5.91 Å². The van der Waals surface area contributed by atoms with Crippen LogP contribution >= 0.6 is 0 Å². The molecule has 3 heterocycles. The van der Waals surface area contributed by atoms with Gasteiger partial charge in [-0.2, -0.15) is 4.98 Å². The van der Waals surface area contributed by atoms with Gasteiger partial charge >= 0.3 is 0 Å². The SMILES string of the molecule is CC(C)(C)c1noc(CCCC(=O)N2CCN(Cc3ccncc3)CC2)n1. The van der Waals surface area contributed by atoms with Crippen LogP contribution in [0.2, 0.25) is 0 Å². The summed E-state index contributed by atoms with van der Waals surface area (Å²) in [6.07, 6.45) is 5.56. The van der Waals surface area contributed by atoms with Crippen molar-refractivity contribution in [3.63, 3.8) is 0 Å². The largest absolute Gasteiger partial charge is 0.340 e. The highest BCUT2D eigenvalue weighted by Crippen LogP contribution is 2.19. The normalized spacial score (nSPS) is 15.9. The van der Waals surface area contributed by atoms with E-state index in [-0.39, 0.29) is 11.3 Å². The number of amides is 1. The number of carbonyl (C=O) groups excluding carboxylic acids is 1. The molecular formula is C20H29N5O2. The van der Waals surface area contributed by atoms with Crippen LogP contribution in [-0.4, -0.2) is 57.0 Å². The number of aryl methyl sites for hydroxylation is 1. The smallest absolute Gasteiger partial charge is 0.226 e. The minimum atomic E-state index is -0.118. The Morgan fingerprint density at radius 1 is 1.15 bits per heavy atom. The lowest BCUT2D eigenvalue weighted by Crippen LogP contribution is -2.48. The highest BCUT2D eigenvalue weighted by atomic mass is 16.5. The Bertz CT molecular complexity index is 730. The summed E-state index contributed by atoms with van der Waals surface area (Å²) in [4.78, 5) is 25.3. The molecule has 0 aliphatic carbocycles. The van der Waals surface area contributed by atoms with E-state index < -0.39 is 0 Å². The molecule has 1 amide bonds. The molecule has 0 N–H and O–H groups in total. The molecule has 1 fully saturated rings. The first kappa shape index (κ1) is 19.5. The standard InChI is InChI=1S/C20H29N5O2/c1-20(2,3)19-22-17(27-23-19)5-4-6-18(26)25-13-11-24(12-14-25)15-16-7-9-21-10-8-16/h7-10H,4-6,11-15H2,1-3H3. The molecule has 1 aliphatic rings. The molecule has 27 heavy (non-hydrogen) atoms. The van der Waals surface area contributed by atoms with Gasteiger partial charge in [0.25, 0.3) is 0 Å². The van der Waals surface area contributed by atoms with E-state index in [2.05, 4.69) is 40.8 Å². The highest BCUT2D eigenvalue weighted by molar-refractivity contribution is 5.76. The minimum Gasteiger partial charge on any atom is -0.340 e. The predicted octanol–water partition coefficient (Wildman–Crippen LogP) is 2.43. The fraction of sp³-hybridized carbons (Fsp3) is 0.600. The van der Waals surface area contributed by atoms with Gasteiger partial charge in [-0.3, -0.25) is 14.7 Å². The van der Waals surface area contributed by atoms with E-state index in [1.54, 1.807) is 0 Å². The van der Waals surface area contributed by atoms with Gasteiger partial charge in [0.05, 0.1) is 0 Å². The Balaban J connectivity index is 1.38. The van der Waals surface area contributed by atoms with Crippen molar-refractivity contribution < 1.29 is 9.32 Å². The van der Waals surface area contributed by atoms with Crippen molar-refractivity contribution in [3.05, 3.63) is 41.8 Å². The number of hydrogen-bond acceptors (Lipinski definition) is 6. The molecule has 0 bridgehead atoms. The summed E-state index contributed by atoms with van der Waals surface area (Å²) in [5.41, 5.74) is 1.15. The Kier molecular flexibility index (Phi) is 6.21. The maximum atomic E-state index is 12.5. The van der Waals surface area contributed by atoms with Gasteiger partial charge in [-0.15, -0.1) is 0 Å². The summed E-state index contributed by atoms with van der Waals surface area (Å²) in [6, 6.07) is 4.08. The van der Waals surface area contributed by atoms with Gasteiger partial charge in [-0.25, -0.2) is 0 Å². The number of aromatic nitrogens is 3. The molecule has 0 saturated carbocycles. The van der Waals surface area contributed by atoms with Gasteiger partial charge in [0.2, 0.25) is 11.8 Å². The van der Waals surface area contributed by atoms with Crippen LogP contribution < -0.4 is 0 Å². The van der Waals surface area contributed by atoms with Crippen molar-refractivity contribution in [2.45, 2.75) is 52.0 Å². The summed E-state index contributed by atoms with van der Waals surface area (Å²) in [5.74, 6) is 1.55.